The summed E-state index contributed by atoms with van der Waals surface area (Å²) in [6.07, 6.45) is 0.0219. The summed E-state index contributed by atoms with van der Waals surface area (Å²) in [6.45, 7) is 7.58. The van der Waals surface area contributed by atoms with Crippen molar-refractivity contribution >= 4 is 15.8 Å². The lowest BCUT2D eigenvalue weighted by molar-refractivity contribution is 0.231. The molecule has 9 heteroatoms. The number of ether oxygens (including phenoxy) is 2. The fourth-order valence-corrected chi connectivity index (χ4v) is 4.47. The molecule has 152 valence electrons. The van der Waals surface area contributed by atoms with Gasteiger partial charge in [-0.05, 0) is 45.0 Å². The monoisotopic (exact) mass is 406 g/mol. The van der Waals surface area contributed by atoms with E-state index >= 15 is 0 Å². The van der Waals surface area contributed by atoms with Gasteiger partial charge < -0.3 is 14.4 Å². The van der Waals surface area contributed by atoms with Crippen LogP contribution in [-0.2, 0) is 10.0 Å². The maximum atomic E-state index is 12.9. The van der Waals surface area contributed by atoms with Crippen molar-refractivity contribution in [3.63, 3.8) is 0 Å². The van der Waals surface area contributed by atoms with Crippen molar-refractivity contribution in [2.45, 2.75) is 31.8 Å². The number of piperazine rings is 1. The summed E-state index contributed by atoms with van der Waals surface area (Å²) in [5, 5.41) is 0. The van der Waals surface area contributed by atoms with Gasteiger partial charge in [0.2, 0.25) is 15.9 Å². The number of nitrogens with zero attached hydrogens (tertiary/aromatic N) is 4. The molecule has 1 aromatic heterocycles. The molecule has 1 aliphatic rings. The fourth-order valence-electron chi connectivity index (χ4n) is 3.04. The van der Waals surface area contributed by atoms with Crippen LogP contribution in [0, 0.1) is 6.92 Å². The summed E-state index contributed by atoms with van der Waals surface area (Å²) in [4.78, 5) is 11.1. The summed E-state index contributed by atoms with van der Waals surface area (Å²) in [5.41, 5.74) is 0. The normalized spacial score (nSPS) is 15.7. The van der Waals surface area contributed by atoms with E-state index in [0.29, 0.717) is 43.6 Å². The first-order valence-electron chi connectivity index (χ1n) is 9.21. The molecular formula is C19H26N4O4S. The number of sulfonamides is 1. The molecular weight excluding hydrogens is 380 g/mol. The van der Waals surface area contributed by atoms with Crippen molar-refractivity contribution in [2.75, 3.05) is 38.2 Å². The third kappa shape index (κ3) is 4.53. The lowest BCUT2D eigenvalue weighted by Gasteiger charge is -2.34. The van der Waals surface area contributed by atoms with Crippen molar-refractivity contribution in [1.82, 2.24) is 14.3 Å². The summed E-state index contributed by atoms with van der Waals surface area (Å²) in [6, 6.07) is 8.26. The number of methoxy groups -OCH3 is 1. The van der Waals surface area contributed by atoms with Gasteiger partial charge in [-0.3, -0.25) is 0 Å². The largest absolute Gasteiger partial charge is 0.497 e. The number of hydrogen-bond acceptors (Lipinski definition) is 7. The highest BCUT2D eigenvalue weighted by atomic mass is 32.2. The maximum Gasteiger partial charge on any atom is 0.243 e. The van der Waals surface area contributed by atoms with Crippen LogP contribution in [0.3, 0.4) is 0 Å². The molecule has 1 fully saturated rings. The van der Waals surface area contributed by atoms with Gasteiger partial charge in [0.1, 0.15) is 17.4 Å². The zero-order valence-electron chi connectivity index (χ0n) is 16.6. The second-order valence-corrected chi connectivity index (χ2v) is 8.78. The Morgan fingerprint density at radius 3 is 2.25 bits per heavy atom. The second-order valence-electron chi connectivity index (χ2n) is 6.84. The van der Waals surface area contributed by atoms with E-state index in [1.54, 1.807) is 37.4 Å². The molecule has 0 spiro atoms. The molecule has 1 saturated heterocycles. The van der Waals surface area contributed by atoms with Crippen LogP contribution < -0.4 is 14.4 Å². The van der Waals surface area contributed by atoms with Gasteiger partial charge in [0.15, 0.2) is 0 Å². The Labute approximate surface area is 166 Å². The Kier molecular flexibility index (Phi) is 6.04. The van der Waals surface area contributed by atoms with Gasteiger partial charge in [0.05, 0.1) is 18.1 Å². The van der Waals surface area contributed by atoms with Crippen LogP contribution in [0.15, 0.2) is 35.2 Å². The molecule has 3 rings (SSSR count). The van der Waals surface area contributed by atoms with E-state index in [9.17, 15) is 8.42 Å². The molecule has 0 unspecified atom stereocenters. The smallest absolute Gasteiger partial charge is 0.243 e. The third-order valence-corrected chi connectivity index (χ3v) is 6.33. The SMILES string of the molecule is COc1ccc(S(=O)(=O)N2CCN(c3cc(OC(C)C)nc(C)n3)CC2)cc1. The molecule has 0 amide bonds. The molecule has 2 aromatic rings. The third-order valence-electron chi connectivity index (χ3n) is 4.42. The van der Waals surface area contributed by atoms with E-state index in [2.05, 4.69) is 14.9 Å². The number of anilines is 1. The minimum absolute atomic E-state index is 0.0219. The summed E-state index contributed by atoms with van der Waals surface area (Å²) in [5.74, 6) is 2.54. The molecule has 0 radical (unpaired) electrons. The van der Waals surface area contributed by atoms with Crippen LogP contribution in [0.25, 0.3) is 0 Å². The Hall–Kier alpha value is -2.39. The highest BCUT2D eigenvalue weighted by Crippen LogP contribution is 2.24. The first-order valence-corrected chi connectivity index (χ1v) is 10.6. The van der Waals surface area contributed by atoms with Gasteiger partial charge in [-0.2, -0.15) is 9.29 Å². The molecule has 1 aromatic carbocycles. The molecule has 28 heavy (non-hydrogen) atoms. The summed E-state index contributed by atoms with van der Waals surface area (Å²) >= 11 is 0. The summed E-state index contributed by atoms with van der Waals surface area (Å²) < 4.78 is 38.0. The highest BCUT2D eigenvalue weighted by molar-refractivity contribution is 7.89. The van der Waals surface area contributed by atoms with E-state index < -0.39 is 10.0 Å². The van der Waals surface area contributed by atoms with Gasteiger partial charge in [-0.15, -0.1) is 0 Å². The topological polar surface area (TPSA) is 84.9 Å². The first-order chi connectivity index (χ1) is 13.3. The fraction of sp³-hybridized carbons (Fsp3) is 0.474. The van der Waals surface area contributed by atoms with Crippen LogP contribution >= 0.6 is 0 Å². The predicted molar refractivity (Wildman–Crippen MR) is 106 cm³/mol. The Bertz CT molecular complexity index is 908. The molecule has 0 bridgehead atoms. The lowest BCUT2D eigenvalue weighted by atomic mass is 10.3. The number of aromatic nitrogens is 2. The quantitative estimate of drug-likeness (QED) is 0.726. The average molecular weight is 407 g/mol. The number of hydrogen-bond donors (Lipinski definition) is 0. The molecule has 8 nitrogen and oxygen atoms in total. The minimum Gasteiger partial charge on any atom is -0.497 e. The zero-order valence-corrected chi connectivity index (χ0v) is 17.4. The Morgan fingerprint density at radius 1 is 1.04 bits per heavy atom. The van der Waals surface area contributed by atoms with Gasteiger partial charge >= 0.3 is 0 Å². The lowest BCUT2D eigenvalue weighted by Crippen LogP contribution is -2.49. The highest BCUT2D eigenvalue weighted by Gasteiger charge is 2.29. The van der Waals surface area contributed by atoms with Crippen LogP contribution in [0.2, 0.25) is 0 Å². The van der Waals surface area contributed by atoms with Crippen molar-refractivity contribution in [2.24, 2.45) is 0 Å². The van der Waals surface area contributed by atoms with Crippen LogP contribution in [0.5, 0.6) is 11.6 Å². The zero-order chi connectivity index (χ0) is 20.3. The molecule has 2 heterocycles. The van der Waals surface area contributed by atoms with E-state index in [1.165, 1.54) is 4.31 Å². The van der Waals surface area contributed by atoms with E-state index in [1.807, 2.05) is 20.8 Å². The average Bonchev–Trinajstić information content (AvgIpc) is 2.67. The van der Waals surface area contributed by atoms with Gasteiger partial charge in [0, 0.05) is 32.2 Å². The van der Waals surface area contributed by atoms with Crippen LogP contribution in [0.1, 0.15) is 19.7 Å². The molecule has 0 saturated carbocycles. The predicted octanol–water partition coefficient (Wildman–Crippen LogP) is 2.09. The van der Waals surface area contributed by atoms with E-state index in [-0.39, 0.29) is 11.0 Å². The van der Waals surface area contributed by atoms with Crippen molar-refractivity contribution in [3.8, 4) is 11.6 Å². The first kappa shape index (κ1) is 20.3. The van der Waals surface area contributed by atoms with E-state index in [4.69, 9.17) is 9.47 Å². The molecule has 0 aliphatic carbocycles. The summed E-state index contributed by atoms with van der Waals surface area (Å²) in [7, 11) is -1.98. The number of aryl methyl sites for hydroxylation is 1. The minimum atomic E-state index is -3.53. The van der Waals surface area contributed by atoms with Crippen molar-refractivity contribution < 1.29 is 17.9 Å². The Balaban J connectivity index is 1.71. The maximum absolute atomic E-state index is 12.9. The van der Waals surface area contributed by atoms with Gasteiger partial charge in [0.25, 0.3) is 0 Å². The van der Waals surface area contributed by atoms with Crippen molar-refractivity contribution in [1.29, 1.82) is 0 Å². The number of benzene rings is 1. The van der Waals surface area contributed by atoms with E-state index in [0.717, 1.165) is 5.82 Å². The van der Waals surface area contributed by atoms with Crippen LogP contribution in [-0.4, -0.2) is 62.1 Å². The Morgan fingerprint density at radius 2 is 1.68 bits per heavy atom. The standard InChI is InChI=1S/C19H26N4O4S/c1-14(2)27-19-13-18(20-15(3)21-19)22-9-11-23(12-10-22)28(24,25)17-7-5-16(26-4)6-8-17/h5-8,13-14H,9-12H2,1-4H3. The number of rotatable bonds is 6. The molecule has 1 aliphatic heterocycles. The molecule has 0 atom stereocenters. The van der Waals surface area contributed by atoms with Crippen LogP contribution in [0.4, 0.5) is 5.82 Å². The molecule has 0 N–H and O–H groups in total. The van der Waals surface area contributed by atoms with Gasteiger partial charge in [-0.1, -0.05) is 0 Å². The second kappa shape index (κ2) is 8.32. The van der Waals surface area contributed by atoms with Crippen molar-refractivity contribution in [3.05, 3.63) is 36.2 Å². The van der Waals surface area contributed by atoms with Gasteiger partial charge in [-0.25, -0.2) is 13.4 Å².